The third-order valence-electron chi connectivity index (χ3n) is 5.54. The number of urea groups is 1. The van der Waals surface area contributed by atoms with Crippen LogP contribution in [0, 0.1) is 0 Å². The van der Waals surface area contributed by atoms with Crippen LogP contribution in [-0.2, 0) is 11.3 Å². The lowest BCUT2D eigenvalue weighted by atomic mass is 10.1. The highest BCUT2D eigenvalue weighted by atomic mass is 35.5. The van der Waals surface area contributed by atoms with Crippen molar-refractivity contribution in [2.24, 2.45) is 0 Å². The van der Waals surface area contributed by atoms with Gasteiger partial charge < -0.3 is 30.0 Å². The van der Waals surface area contributed by atoms with Gasteiger partial charge in [-0.15, -0.1) is 13.2 Å². The third-order valence-corrected chi connectivity index (χ3v) is 5.83. The zero-order valence-corrected chi connectivity index (χ0v) is 19.6. The van der Waals surface area contributed by atoms with Gasteiger partial charge in [-0.2, -0.15) is 0 Å². The number of hydrogen-bond acceptors (Lipinski definition) is 4. The van der Waals surface area contributed by atoms with E-state index in [1.165, 1.54) is 17.0 Å². The summed E-state index contributed by atoms with van der Waals surface area (Å²) >= 11 is 5.94. The largest absolute Gasteiger partial charge is 0.573 e. The van der Waals surface area contributed by atoms with E-state index in [1.807, 2.05) is 24.4 Å². The Balaban J connectivity index is 1.29. The Morgan fingerprint density at radius 3 is 2.57 bits per heavy atom. The molecule has 190 valence electrons. The highest BCUT2D eigenvalue weighted by Gasteiger charge is 2.32. The maximum Gasteiger partial charge on any atom is 0.573 e. The fourth-order valence-electron chi connectivity index (χ4n) is 3.91. The zero-order chi connectivity index (χ0) is 26.2. The van der Waals surface area contributed by atoms with E-state index in [-0.39, 0.29) is 24.1 Å². The molecule has 1 aliphatic heterocycles. The smallest absolute Gasteiger partial charge is 0.481 e. The quantitative estimate of drug-likeness (QED) is 0.282. The van der Waals surface area contributed by atoms with E-state index in [2.05, 4.69) is 20.4 Å². The fraction of sp³-hybridized carbons (Fsp3) is 0.120. The molecule has 3 aromatic carbocycles. The predicted molar refractivity (Wildman–Crippen MR) is 132 cm³/mol. The average Bonchev–Trinajstić information content (AvgIpc) is 3.30. The molecule has 0 bridgehead atoms. The number of carbonyl (C=O) groups is 2. The van der Waals surface area contributed by atoms with Crippen molar-refractivity contribution >= 4 is 51.5 Å². The summed E-state index contributed by atoms with van der Waals surface area (Å²) in [5.41, 5.74) is 2.84. The Bertz CT molecular complexity index is 1510. The Morgan fingerprint density at radius 2 is 1.81 bits per heavy atom. The molecular weight excluding hydrogens is 513 g/mol. The summed E-state index contributed by atoms with van der Waals surface area (Å²) in [6, 6.07) is 15.5. The molecule has 5 rings (SSSR count). The van der Waals surface area contributed by atoms with Crippen LogP contribution in [0.3, 0.4) is 0 Å². The topological polar surface area (TPSA) is 95.7 Å². The Kier molecular flexibility index (Phi) is 6.30. The number of rotatable bonds is 5. The van der Waals surface area contributed by atoms with Crippen LogP contribution < -0.4 is 25.0 Å². The van der Waals surface area contributed by atoms with Crippen molar-refractivity contribution in [2.75, 3.05) is 22.1 Å². The molecule has 1 aliphatic rings. The fourth-order valence-corrected chi connectivity index (χ4v) is 4.15. The normalized spacial score (nSPS) is 13.2. The molecule has 8 nitrogen and oxygen atoms in total. The Hall–Kier alpha value is -4.38. The number of carbonyl (C=O) groups excluding carboxylic acids is 2. The van der Waals surface area contributed by atoms with Crippen LogP contribution in [0.25, 0.3) is 10.9 Å². The average molecular weight is 531 g/mol. The van der Waals surface area contributed by atoms with E-state index in [0.717, 1.165) is 17.0 Å². The SMILES string of the molecule is O=C(Nc1ccc2c(c1)OCC(=O)N2Cc1ccc(OC(F)(F)F)c(Cl)c1)Nc1ccc2cc[nH]c2c1. The van der Waals surface area contributed by atoms with E-state index in [1.54, 1.807) is 24.3 Å². The highest BCUT2D eigenvalue weighted by Crippen LogP contribution is 2.37. The third kappa shape index (κ3) is 5.56. The second-order valence-electron chi connectivity index (χ2n) is 8.12. The van der Waals surface area contributed by atoms with Crippen LogP contribution in [0.4, 0.5) is 35.0 Å². The van der Waals surface area contributed by atoms with Gasteiger partial charge in [-0.1, -0.05) is 23.7 Å². The lowest BCUT2D eigenvalue weighted by Gasteiger charge is -2.30. The summed E-state index contributed by atoms with van der Waals surface area (Å²) in [7, 11) is 0. The van der Waals surface area contributed by atoms with Gasteiger partial charge in [0.2, 0.25) is 0 Å². The van der Waals surface area contributed by atoms with Gasteiger partial charge in [0.15, 0.2) is 6.61 Å². The number of aromatic amines is 1. The summed E-state index contributed by atoms with van der Waals surface area (Å²) in [5, 5.41) is 6.26. The molecule has 2 heterocycles. The Morgan fingerprint density at radius 1 is 1.05 bits per heavy atom. The molecule has 0 spiro atoms. The number of alkyl halides is 3. The van der Waals surface area contributed by atoms with Crippen LogP contribution in [0.1, 0.15) is 5.56 Å². The van der Waals surface area contributed by atoms with Crippen molar-refractivity contribution in [3.8, 4) is 11.5 Å². The lowest BCUT2D eigenvalue weighted by molar-refractivity contribution is -0.274. The first-order valence-corrected chi connectivity index (χ1v) is 11.3. The van der Waals surface area contributed by atoms with Crippen LogP contribution in [0.15, 0.2) is 66.9 Å². The first kappa shape index (κ1) is 24.3. The standard InChI is InChI=1S/C25H18ClF3N4O4/c26-18-9-14(1-6-21(18)37-25(27,28)29)12-33-20-5-4-17(11-22(20)36-13-23(33)34)32-24(35)31-16-3-2-15-7-8-30-19(15)10-16/h1-11,30H,12-13H2,(H2,31,32,35). The van der Waals surface area contributed by atoms with Gasteiger partial charge in [0.05, 0.1) is 17.3 Å². The number of amides is 3. The van der Waals surface area contributed by atoms with Crippen molar-refractivity contribution in [2.45, 2.75) is 12.9 Å². The molecule has 0 unspecified atom stereocenters. The van der Waals surface area contributed by atoms with Gasteiger partial charge in [0.1, 0.15) is 11.5 Å². The summed E-state index contributed by atoms with van der Waals surface area (Å²) in [6.45, 7) is -0.211. The zero-order valence-electron chi connectivity index (χ0n) is 18.9. The second kappa shape index (κ2) is 9.58. The number of nitrogens with zero attached hydrogens (tertiary/aromatic N) is 1. The van der Waals surface area contributed by atoms with Gasteiger partial charge in [-0.05, 0) is 53.4 Å². The van der Waals surface area contributed by atoms with E-state index in [4.69, 9.17) is 16.3 Å². The minimum absolute atomic E-state index is 0.0374. The van der Waals surface area contributed by atoms with Crippen molar-refractivity contribution < 1.29 is 32.2 Å². The van der Waals surface area contributed by atoms with Gasteiger partial charge >= 0.3 is 12.4 Å². The minimum Gasteiger partial charge on any atom is -0.481 e. The van der Waals surface area contributed by atoms with Crippen molar-refractivity contribution in [3.63, 3.8) is 0 Å². The summed E-state index contributed by atoms with van der Waals surface area (Å²) in [4.78, 5) is 29.5. The molecule has 0 fully saturated rings. The van der Waals surface area contributed by atoms with E-state index >= 15 is 0 Å². The number of fused-ring (bicyclic) bond motifs is 2. The van der Waals surface area contributed by atoms with Gasteiger partial charge in [-0.3, -0.25) is 4.79 Å². The molecule has 0 saturated carbocycles. The molecular formula is C25H18ClF3N4O4. The molecule has 0 atom stereocenters. The Labute approximate surface area is 212 Å². The maximum atomic E-state index is 12.6. The van der Waals surface area contributed by atoms with E-state index in [9.17, 15) is 22.8 Å². The predicted octanol–water partition coefficient (Wildman–Crippen LogP) is 6.29. The number of H-pyrrole nitrogens is 1. The molecule has 0 saturated heterocycles. The van der Waals surface area contributed by atoms with Gasteiger partial charge in [0.25, 0.3) is 5.91 Å². The summed E-state index contributed by atoms with van der Waals surface area (Å²) in [6.07, 6.45) is -3.07. The molecule has 0 aliphatic carbocycles. The lowest BCUT2D eigenvalue weighted by Crippen LogP contribution is -2.38. The van der Waals surface area contributed by atoms with E-state index < -0.39 is 18.1 Å². The molecule has 0 radical (unpaired) electrons. The van der Waals surface area contributed by atoms with Crippen LogP contribution in [-0.4, -0.2) is 29.9 Å². The maximum absolute atomic E-state index is 12.6. The van der Waals surface area contributed by atoms with Crippen molar-refractivity contribution in [3.05, 3.63) is 77.4 Å². The molecule has 1 aromatic heterocycles. The first-order chi connectivity index (χ1) is 17.6. The number of benzene rings is 3. The van der Waals surface area contributed by atoms with E-state index in [0.29, 0.717) is 28.4 Å². The second-order valence-corrected chi connectivity index (χ2v) is 8.53. The molecule has 4 aromatic rings. The number of anilines is 3. The molecule has 12 heteroatoms. The molecule has 3 amide bonds. The molecule has 3 N–H and O–H groups in total. The van der Waals surface area contributed by atoms with Gasteiger partial charge in [-0.25, -0.2) is 4.79 Å². The van der Waals surface area contributed by atoms with Gasteiger partial charge in [0, 0.05) is 29.2 Å². The van der Waals surface area contributed by atoms with Crippen LogP contribution >= 0.6 is 11.6 Å². The first-order valence-electron chi connectivity index (χ1n) is 10.9. The number of nitrogens with one attached hydrogen (secondary N) is 3. The van der Waals surface area contributed by atoms with Crippen LogP contribution in [0.2, 0.25) is 5.02 Å². The number of aromatic nitrogens is 1. The molecule has 37 heavy (non-hydrogen) atoms. The number of halogens is 4. The van der Waals surface area contributed by atoms with Crippen molar-refractivity contribution in [1.82, 2.24) is 4.98 Å². The minimum atomic E-state index is -4.87. The van der Waals surface area contributed by atoms with Crippen LogP contribution in [0.5, 0.6) is 11.5 Å². The summed E-state index contributed by atoms with van der Waals surface area (Å²) in [5.74, 6) is -0.529. The monoisotopic (exact) mass is 530 g/mol. The number of hydrogen-bond donors (Lipinski definition) is 3. The summed E-state index contributed by atoms with van der Waals surface area (Å²) < 4.78 is 46.9. The number of ether oxygens (including phenoxy) is 2. The highest BCUT2D eigenvalue weighted by molar-refractivity contribution is 6.32. The van der Waals surface area contributed by atoms with Crippen molar-refractivity contribution in [1.29, 1.82) is 0 Å².